The zero-order chi connectivity index (χ0) is 23.5. The van der Waals surface area contributed by atoms with Gasteiger partial charge < -0.3 is 10.6 Å². The maximum absolute atomic E-state index is 6.24. The van der Waals surface area contributed by atoms with Crippen molar-refractivity contribution in [2.24, 2.45) is 0 Å². The third-order valence-electron chi connectivity index (χ3n) is 5.24. The van der Waals surface area contributed by atoms with Crippen LogP contribution in [0.25, 0.3) is 16.9 Å². The van der Waals surface area contributed by atoms with Crippen molar-refractivity contribution >= 4 is 34.4 Å². The Hall–Kier alpha value is -4.23. The summed E-state index contributed by atoms with van der Waals surface area (Å²) in [7, 11) is 0. The highest BCUT2D eigenvalue weighted by Crippen LogP contribution is 2.27. The lowest BCUT2D eigenvalue weighted by Gasteiger charge is -2.09. The smallest absolute Gasteiger partial charge is 0.113 e. The second-order valence-electron chi connectivity index (χ2n) is 7.92. The molecular weight excluding hydrogens is 446 g/mol. The monoisotopic (exact) mass is 467 g/mol. The lowest BCUT2D eigenvalue weighted by molar-refractivity contribution is 0.804. The highest BCUT2D eigenvalue weighted by atomic mass is 35.5. The SMILES string of the molecule is Cc1cc(Nc2cccc(-n3cc(-c4ccc(Nc5cc(C)ncc5Cl)cc4)nn3)c2)ccn1. The van der Waals surface area contributed by atoms with Crippen LogP contribution in [0, 0.1) is 13.8 Å². The predicted molar refractivity (Wildman–Crippen MR) is 136 cm³/mol. The molecular formula is C26H22ClN7. The van der Waals surface area contributed by atoms with Gasteiger partial charge in [0, 0.05) is 46.4 Å². The number of hydrogen-bond donors (Lipinski definition) is 2. The van der Waals surface area contributed by atoms with E-state index in [1.807, 2.05) is 86.8 Å². The number of anilines is 4. The summed E-state index contributed by atoms with van der Waals surface area (Å²) >= 11 is 6.24. The van der Waals surface area contributed by atoms with Gasteiger partial charge in [-0.15, -0.1) is 5.10 Å². The first-order valence-corrected chi connectivity index (χ1v) is 11.1. The van der Waals surface area contributed by atoms with Crippen molar-refractivity contribution in [3.05, 3.63) is 102 Å². The van der Waals surface area contributed by atoms with E-state index in [2.05, 4.69) is 30.9 Å². The Bertz CT molecular complexity index is 1440. The molecule has 0 bridgehead atoms. The standard InChI is InChI=1S/C26H22ClN7/c1-17-12-22(10-11-28-17)30-21-4-3-5-23(14-21)34-16-26(32-33-34)19-6-8-20(9-7-19)31-25-13-18(2)29-15-24(25)27/h3-16H,1-2H3,(H,28,30)(H,29,31). The molecule has 0 radical (unpaired) electrons. The van der Waals surface area contributed by atoms with Crippen molar-refractivity contribution in [1.82, 2.24) is 25.0 Å². The first-order chi connectivity index (χ1) is 16.5. The van der Waals surface area contributed by atoms with Crippen molar-refractivity contribution in [2.75, 3.05) is 10.6 Å². The Morgan fingerprint density at radius 2 is 1.59 bits per heavy atom. The summed E-state index contributed by atoms with van der Waals surface area (Å²) in [6, 6.07) is 21.9. The molecule has 3 heterocycles. The van der Waals surface area contributed by atoms with Crippen LogP contribution in [0.1, 0.15) is 11.4 Å². The van der Waals surface area contributed by atoms with E-state index < -0.39 is 0 Å². The molecule has 0 saturated heterocycles. The largest absolute Gasteiger partial charge is 0.355 e. The normalized spacial score (nSPS) is 10.8. The van der Waals surface area contributed by atoms with Gasteiger partial charge >= 0.3 is 0 Å². The Morgan fingerprint density at radius 1 is 0.794 bits per heavy atom. The van der Waals surface area contributed by atoms with E-state index in [4.69, 9.17) is 11.6 Å². The Kier molecular flexibility index (Phi) is 5.93. The summed E-state index contributed by atoms with van der Waals surface area (Å²) in [5.41, 5.74) is 8.22. The van der Waals surface area contributed by atoms with Gasteiger partial charge in [-0.2, -0.15) is 0 Å². The number of benzene rings is 2. The highest BCUT2D eigenvalue weighted by molar-refractivity contribution is 6.33. The lowest BCUT2D eigenvalue weighted by Crippen LogP contribution is -1.97. The van der Waals surface area contributed by atoms with Crippen LogP contribution in [0.15, 0.2) is 85.3 Å². The van der Waals surface area contributed by atoms with E-state index >= 15 is 0 Å². The number of nitrogens with zero attached hydrogens (tertiary/aromatic N) is 5. The first kappa shape index (κ1) is 21.6. The third kappa shape index (κ3) is 4.89. The number of nitrogens with one attached hydrogen (secondary N) is 2. The summed E-state index contributed by atoms with van der Waals surface area (Å²) in [5.74, 6) is 0. The lowest BCUT2D eigenvalue weighted by atomic mass is 10.1. The zero-order valence-corrected chi connectivity index (χ0v) is 19.5. The van der Waals surface area contributed by atoms with Crippen LogP contribution in [-0.2, 0) is 0 Å². The van der Waals surface area contributed by atoms with Crippen LogP contribution in [0.3, 0.4) is 0 Å². The van der Waals surface area contributed by atoms with Crippen molar-refractivity contribution < 1.29 is 0 Å². The van der Waals surface area contributed by atoms with Gasteiger partial charge in [0.25, 0.3) is 0 Å². The molecule has 5 rings (SSSR count). The van der Waals surface area contributed by atoms with E-state index in [-0.39, 0.29) is 0 Å². The first-order valence-electron chi connectivity index (χ1n) is 10.8. The summed E-state index contributed by atoms with van der Waals surface area (Å²) in [5, 5.41) is 16.0. The molecule has 0 aliphatic rings. The number of halogens is 1. The van der Waals surface area contributed by atoms with Gasteiger partial charge in [0.2, 0.25) is 0 Å². The minimum Gasteiger partial charge on any atom is -0.355 e. The molecule has 0 amide bonds. The molecule has 0 aliphatic heterocycles. The van der Waals surface area contributed by atoms with E-state index in [0.29, 0.717) is 5.02 Å². The number of rotatable bonds is 6. The van der Waals surface area contributed by atoms with Crippen molar-refractivity contribution in [1.29, 1.82) is 0 Å². The van der Waals surface area contributed by atoms with E-state index in [1.54, 1.807) is 17.1 Å². The Labute approximate surface area is 202 Å². The van der Waals surface area contributed by atoms with E-state index in [9.17, 15) is 0 Å². The van der Waals surface area contributed by atoms with Crippen LogP contribution in [0.4, 0.5) is 22.7 Å². The molecule has 2 aromatic carbocycles. The van der Waals surface area contributed by atoms with Gasteiger partial charge in [-0.1, -0.05) is 35.0 Å². The molecule has 0 fully saturated rings. The topological polar surface area (TPSA) is 80.5 Å². The molecule has 5 aromatic rings. The average Bonchev–Trinajstić information content (AvgIpc) is 3.33. The Balaban J connectivity index is 1.32. The van der Waals surface area contributed by atoms with Crippen molar-refractivity contribution in [3.8, 4) is 16.9 Å². The Morgan fingerprint density at radius 3 is 2.41 bits per heavy atom. The molecule has 0 aliphatic carbocycles. The minimum absolute atomic E-state index is 0.577. The summed E-state index contributed by atoms with van der Waals surface area (Å²) in [6.07, 6.45) is 5.36. The molecule has 0 unspecified atom stereocenters. The van der Waals surface area contributed by atoms with Crippen LogP contribution < -0.4 is 10.6 Å². The fraction of sp³-hybridized carbons (Fsp3) is 0.0769. The molecule has 3 aromatic heterocycles. The quantitative estimate of drug-likeness (QED) is 0.297. The van der Waals surface area contributed by atoms with Crippen molar-refractivity contribution in [2.45, 2.75) is 13.8 Å². The number of pyridine rings is 2. The van der Waals surface area contributed by atoms with Crippen molar-refractivity contribution in [3.63, 3.8) is 0 Å². The van der Waals surface area contributed by atoms with E-state index in [0.717, 1.165) is 51.1 Å². The maximum Gasteiger partial charge on any atom is 0.113 e. The molecule has 0 spiro atoms. The molecule has 2 N–H and O–H groups in total. The molecule has 0 saturated carbocycles. The average molecular weight is 468 g/mol. The fourth-order valence-electron chi connectivity index (χ4n) is 3.56. The minimum atomic E-state index is 0.577. The summed E-state index contributed by atoms with van der Waals surface area (Å²) < 4.78 is 1.77. The summed E-state index contributed by atoms with van der Waals surface area (Å²) in [6.45, 7) is 3.90. The predicted octanol–water partition coefficient (Wildman–Crippen LogP) is 6.48. The molecule has 7 nitrogen and oxygen atoms in total. The van der Waals surface area contributed by atoms with Gasteiger partial charge in [-0.25, -0.2) is 4.68 Å². The zero-order valence-electron chi connectivity index (χ0n) is 18.7. The highest BCUT2D eigenvalue weighted by Gasteiger charge is 2.08. The van der Waals surface area contributed by atoms with E-state index in [1.165, 1.54) is 0 Å². The van der Waals surface area contributed by atoms with Gasteiger partial charge in [-0.3, -0.25) is 9.97 Å². The number of aryl methyl sites for hydroxylation is 2. The van der Waals surface area contributed by atoms with Gasteiger partial charge in [0.1, 0.15) is 5.69 Å². The fourth-order valence-corrected chi connectivity index (χ4v) is 3.71. The van der Waals surface area contributed by atoms with Crippen LogP contribution >= 0.6 is 11.6 Å². The van der Waals surface area contributed by atoms with Crippen LogP contribution in [0.5, 0.6) is 0 Å². The molecule has 0 atom stereocenters. The van der Waals surface area contributed by atoms with Crippen LogP contribution in [0.2, 0.25) is 5.02 Å². The second kappa shape index (κ2) is 9.33. The second-order valence-corrected chi connectivity index (χ2v) is 8.32. The van der Waals surface area contributed by atoms with Gasteiger partial charge in [-0.05, 0) is 62.4 Å². The molecule has 34 heavy (non-hydrogen) atoms. The van der Waals surface area contributed by atoms with Gasteiger partial charge in [0.05, 0.1) is 22.6 Å². The summed E-state index contributed by atoms with van der Waals surface area (Å²) in [4.78, 5) is 8.43. The van der Waals surface area contributed by atoms with Gasteiger partial charge in [0.15, 0.2) is 0 Å². The van der Waals surface area contributed by atoms with Crippen LogP contribution in [-0.4, -0.2) is 25.0 Å². The molecule has 8 heteroatoms. The number of hydrogen-bond acceptors (Lipinski definition) is 6. The maximum atomic E-state index is 6.24. The molecule has 168 valence electrons. The third-order valence-corrected chi connectivity index (χ3v) is 5.54. The number of aromatic nitrogens is 5.